The van der Waals surface area contributed by atoms with Crippen LogP contribution in [0, 0.1) is 0 Å². The van der Waals surface area contributed by atoms with Crippen LogP contribution in [-0.4, -0.2) is 44.1 Å². The van der Waals surface area contributed by atoms with Gasteiger partial charge in [-0.25, -0.2) is 24.7 Å². The second-order valence-corrected chi connectivity index (χ2v) is 6.33. The number of carboxylic acid groups (broad SMARTS) is 1. The number of carboxylic acids is 1. The molecule has 7 nitrogen and oxygen atoms in total. The first kappa shape index (κ1) is 17.0. The summed E-state index contributed by atoms with van der Waals surface area (Å²) in [5.41, 5.74) is 1.52. The normalized spacial score (nSPS) is 14.6. The number of anilines is 1. The topological polar surface area (TPSA) is 92.1 Å². The summed E-state index contributed by atoms with van der Waals surface area (Å²) in [6.45, 7) is 5.84. The SMILES string of the molecule is CC(C)c1nc(C=Cc2cnc(N3CCCC3)nc2)ncc1C(=O)O. The van der Waals surface area contributed by atoms with E-state index >= 15 is 0 Å². The molecule has 0 saturated carbocycles. The summed E-state index contributed by atoms with van der Waals surface area (Å²) in [7, 11) is 0. The number of aromatic carboxylic acids is 1. The molecule has 0 radical (unpaired) electrons. The van der Waals surface area contributed by atoms with Crippen molar-refractivity contribution in [1.29, 1.82) is 0 Å². The maximum absolute atomic E-state index is 11.2. The van der Waals surface area contributed by atoms with Gasteiger partial charge in [0.05, 0.1) is 11.3 Å². The fourth-order valence-electron chi connectivity index (χ4n) is 2.76. The van der Waals surface area contributed by atoms with Gasteiger partial charge in [0.25, 0.3) is 0 Å². The van der Waals surface area contributed by atoms with E-state index in [2.05, 4.69) is 24.8 Å². The third-order valence-electron chi connectivity index (χ3n) is 4.09. The Hall–Kier alpha value is -2.83. The van der Waals surface area contributed by atoms with Crippen LogP contribution in [0.25, 0.3) is 12.2 Å². The Labute approximate surface area is 146 Å². The fraction of sp³-hybridized carbons (Fsp3) is 0.389. The van der Waals surface area contributed by atoms with E-state index in [0.717, 1.165) is 24.6 Å². The van der Waals surface area contributed by atoms with Crippen LogP contribution in [0.2, 0.25) is 0 Å². The second-order valence-electron chi connectivity index (χ2n) is 6.33. The van der Waals surface area contributed by atoms with E-state index in [1.807, 2.05) is 19.9 Å². The zero-order valence-electron chi connectivity index (χ0n) is 14.4. The van der Waals surface area contributed by atoms with Crippen molar-refractivity contribution >= 4 is 24.1 Å². The lowest BCUT2D eigenvalue weighted by molar-refractivity contribution is 0.0694. The molecule has 0 spiro atoms. The van der Waals surface area contributed by atoms with Crippen LogP contribution in [-0.2, 0) is 0 Å². The molecule has 130 valence electrons. The number of rotatable bonds is 5. The van der Waals surface area contributed by atoms with Gasteiger partial charge in [-0.2, -0.15) is 0 Å². The van der Waals surface area contributed by atoms with Crippen LogP contribution < -0.4 is 4.90 Å². The van der Waals surface area contributed by atoms with Crippen LogP contribution in [0.1, 0.15) is 60.0 Å². The van der Waals surface area contributed by atoms with E-state index in [1.54, 1.807) is 18.5 Å². The van der Waals surface area contributed by atoms with Gasteiger partial charge in [-0.15, -0.1) is 0 Å². The van der Waals surface area contributed by atoms with Gasteiger partial charge in [0, 0.05) is 37.2 Å². The first-order valence-corrected chi connectivity index (χ1v) is 8.40. The molecule has 1 fully saturated rings. The Kier molecular flexibility index (Phi) is 5.02. The Bertz CT molecular complexity index is 781. The van der Waals surface area contributed by atoms with E-state index in [9.17, 15) is 9.90 Å². The molecule has 1 saturated heterocycles. The van der Waals surface area contributed by atoms with Crippen LogP contribution in [0.15, 0.2) is 18.6 Å². The number of aromatic nitrogens is 4. The summed E-state index contributed by atoms with van der Waals surface area (Å²) < 4.78 is 0. The minimum atomic E-state index is -1.01. The number of hydrogen-bond donors (Lipinski definition) is 1. The van der Waals surface area contributed by atoms with Gasteiger partial charge in [-0.1, -0.05) is 13.8 Å². The van der Waals surface area contributed by atoms with Crippen molar-refractivity contribution in [2.24, 2.45) is 0 Å². The Morgan fingerprint density at radius 3 is 2.40 bits per heavy atom. The van der Waals surface area contributed by atoms with Gasteiger partial charge in [-0.05, 0) is 30.9 Å². The number of hydrogen-bond acceptors (Lipinski definition) is 6. The molecule has 1 aliphatic heterocycles. The molecule has 1 aliphatic rings. The Balaban J connectivity index is 1.77. The van der Waals surface area contributed by atoms with Gasteiger partial charge in [0.2, 0.25) is 5.95 Å². The maximum atomic E-state index is 11.2. The first-order chi connectivity index (χ1) is 12.0. The van der Waals surface area contributed by atoms with Crippen molar-refractivity contribution < 1.29 is 9.90 Å². The minimum Gasteiger partial charge on any atom is -0.478 e. The maximum Gasteiger partial charge on any atom is 0.339 e. The third kappa shape index (κ3) is 3.99. The number of carbonyl (C=O) groups is 1. The lowest BCUT2D eigenvalue weighted by Gasteiger charge is -2.14. The minimum absolute atomic E-state index is 0.00401. The zero-order valence-corrected chi connectivity index (χ0v) is 14.4. The van der Waals surface area contributed by atoms with Crippen LogP contribution in [0.4, 0.5) is 5.95 Å². The molecular formula is C18H21N5O2. The molecule has 3 rings (SSSR count). The molecule has 0 atom stereocenters. The molecular weight excluding hydrogens is 318 g/mol. The van der Waals surface area contributed by atoms with E-state index in [0.29, 0.717) is 11.5 Å². The highest BCUT2D eigenvalue weighted by Gasteiger charge is 2.16. The van der Waals surface area contributed by atoms with Crippen LogP contribution in [0.5, 0.6) is 0 Å². The molecule has 2 aromatic rings. The quantitative estimate of drug-likeness (QED) is 0.895. The van der Waals surface area contributed by atoms with E-state index < -0.39 is 5.97 Å². The zero-order chi connectivity index (χ0) is 17.8. The molecule has 0 aliphatic carbocycles. The van der Waals surface area contributed by atoms with Gasteiger partial charge < -0.3 is 10.0 Å². The van der Waals surface area contributed by atoms with Crippen molar-refractivity contribution in [2.45, 2.75) is 32.6 Å². The largest absolute Gasteiger partial charge is 0.478 e. The summed E-state index contributed by atoms with van der Waals surface area (Å²) in [5.74, 6) is 0.227. The lowest BCUT2D eigenvalue weighted by atomic mass is 10.1. The van der Waals surface area contributed by atoms with Gasteiger partial charge in [-0.3, -0.25) is 0 Å². The molecule has 25 heavy (non-hydrogen) atoms. The molecule has 3 heterocycles. The van der Waals surface area contributed by atoms with E-state index in [-0.39, 0.29) is 11.5 Å². The van der Waals surface area contributed by atoms with E-state index in [1.165, 1.54) is 19.0 Å². The summed E-state index contributed by atoms with van der Waals surface area (Å²) in [4.78, 5) is 30.7. The molecule has 0 bridgehead atoms. The average Bonchev–Trinajstić information content (AvgIpc) is 3.14. The van der Waals surface area contributed by atoms with Crippen molar-refractivity contribution in [3.8, 4) is 0 Å². The van der Waals surface area contributed by atoms with Crippen molar-refractivity contribution in [2.75, 3.05) is 18.0 Å². The molecule has 0 amide bonds. The van der Waals surface area contributed by atoms with E-state index in [4.69, 9.17) is 0 Å². The molecule has 0 aromatic carbocycles. The number of nitrogens with zero attached hydrogens (tertiary/aromatic N) is 5. The standard InChI is InChI=1S/C18H21N5O2/c1-12(2)16-14(17(24)25)11-19-15(22-16)6-5-13-9-20-18(21-10-13)23-7-3-4-8-23/h5-6,9-12H,3-4,7-8H2,1-2H3,(H,24,25). The summed E-state index contributed by atoms with van der Waals surface area (Å²) >= 11 is 0. The van der Waals surface area contributed by atoms with Crippen LogP contribution in [0.3, 0.4) is 0 Å². The third-order valence-corrected chi connectivity index (χ3v) is 4.09. The molecule has 0 unspecified atom stereocenters. The van der Waals surface area contributed by atoms with Crippen molar-refractivity contribution in [3.63, 3.8) is 0 Å². The van der Waals surface area contributed by atoms with Crippen LogP contribution >= 0.6 is 0 Å². The Morgan fingerprint density at radius 2 is 1.80 bits per heavy atom. The Morgan fingerprint density at radius 1 is 1.12 bits per heavy atom. The second kappa shape index (κ2) is 7.38. The summed E-state index contributed by atoms with van der Waals surface area (Å²) in [6, 6.07) is 0. The van der Waals surface area contributed by atoms with Gasteiger partial charge in [0.1, 0.15) is 0 Å². The predicted molar refractivity (Wildman–Crippen MR) is 95.5 cm³/mol. The highest BCUT2D eigenvalue weighted by atomic mass is 16.4. The highest BCUT2D eigenvalue weighted by molar-refractivity contribution is 5.88. The first-order valence-electron chi connectivity index (χ1n) is 8.40. The summed E-state index contributed by atoms with van der Waals surface area (Å²) in [6.07, 6.45) is 10.8. The highest BCUT2D eigenvalue weighted by Crippen LogP contribution is 2.18. The van der Waals surface area contributed by atoms with Crippen molar-refractivity contribution in [3.05, 3.63) is 41.2 Å². The monoisotopic (exact) mass is 339 g/mol. The smallest absolute Gasteiger partial charge is 0.339 e. The lowest BCUT2D eigenvalue weighted by Crippen LogP contribution is -2.20. The molecule has 1 N–H and O–H groups in total. The predicted octanol–water partition coefficient (Wildman–Crippen LogP) is 2.86. The molecule has 2 aromatic heterocycles. The average molecular weight is 339 g/mol. The summed E-state index contributed by atoms with van der Waals surface area (Å²) in [5, 5.41) is 9.21. The fourth-order valence-corrected chi connectivity index (χ4v) is 2.76. The molecule has 7 heteroatoms. The van der Waals surface area contributed by atoms with Gasteiger partial charge >= 0.3 is 5.97 Å². The van der Waals surface area contributed by atoms with Gasteiger partial charge in [0.15, 0.2) is 5.82 Å². The van der Waals surface area contributed by atoms with Crippen molar-refractivity contribution in [1.82, 2.24) is 19.9 Å².